The zero-order valence-corrected chi connectivity index (χ0v) is 8.62. The maximum Gasteiger partial charge on any atom is 0.410 e. The van der Waals surface area contributed by atoms with Crippen molar-refractivity contribution in [1.29, 1.82) is 0 Å². The summed E-state index contributed by atoms with van der Waals surface area (Å²) in [4.78, 5) is 14.5. The van der Waals surface area contributed by atoms with Gasteiger partial charge in [0.05, 0.1) is 12.2 Å². The van der Waals surface area contributed by atoms with Crippen LogP contribution in [0.25, 0.3) is 11.3 Å². The average molecular weight is 235 g/mol. The number of amides is 1. The van der Waals surface area contributed by atoms with E-state index >= 15 is 0 Å². The van der Waals surface area contributed by atoms with E-state index in [4.69, 9.17) is 14.7 Å². The van der Waals surface area contributed by atoms with Crippen LogP contribution in [0.1, 0.15) is 5.69 Å². The first-order chi connectivity index (χ1) is 8.20. The molecule has 0 fully saturated rings. The van der Waals surface area contributed by atoms with E-state index in [1.807, 2.05) is 0 Å². The van der Waals surface area contributed by atoms with Crippen LogP contribution in [-0.4, -0.2) is 26.4 Å². The summed E-state index contributed by atoms with van der Waals surface area (Å²) in [6.07, 6.45) is 0.241. The van der Waals surface area contributed by atoms with Crippen molar-refractivity contribution < 1.29 is 19.5 Å². The van der Waals surface area contributed by atoms with E-state index in [0.29, 0.717) is 17.0 Å². The molecule has 17 heavy (non-hydrogen) atoms. The predicted molar refractivity (Wildman–Crippen MR) is 57.3 cm³/mol. The van der Waals surface area contributed by atoms with E-state index in [0.717, 1.165) is 0 Å². The molecule has 3 N–H and O–H groups in total. The Balaban J connectivity index is 2.40. The molecule has 88 valence electrons. The molecule has 0 bridgehead atoms. The second-order valence-electron chi connectivity index (χ2n) is 3.17. The van der Waals surface area contributed by atoms with E-state index in [1.165, 1.54) is 12.3 Å². The molecule has 1 amide bonds. The fraction of sp³-hybridized carbons (Fsp3) is 0.100. The van der Waals surface area contributed by atoms with Crippen molar-refractivity contribution >= 4 is 11.9 Å². The van der Waals surface area contributed by atoms with Gasteiger partial charge in [-0.15, -0.1) is 0 Å². The molecule has 2 aromatic heterocycles. The number of carboxylic acid groups (broad SMARTS) is 1. The van der Waals surface area contributed by atoms with Gasteiger partial charge in [0, 0.05) is 12.3 Å². The largest absolute Gasteiger partial charge is 0.465 e. The Morgan fingerprint density at radius 1 is 1.53 bits per heavy atom. The zero-order valence-electron chi connectivity index (χ0n) is 8.62. The normalized spacial score (nSPS) is 10.2. The number of aliphatic hydroxyl groups excluding tert-OH is 1. The van der Waals surface area contributed by atoms with Gasteiger partial charge in [0.15, 0.2) is 5.76 Å². The van der Waals surface area contributed by atoms with E-state index in [9.17, 15) is 4.79 Å². The molecule has 0 aromatic carbocycles. The summed E-state index contributed by atoms with van der Waals surface area (Å²) in [5.74, 6) is 0.492. The molecular formula is C10H9N3O4. The van der Waals surface area contributed by atoms with Crippen LogP contribution in [0.3, 0.4) is 0 Å². The Morgan fingerprint density at radius 3 is 3.00 bits per heavy atom. The van der Waals surface area contributed by atoms with Gasteiger partial charge in [-0.05, 0) is 12.1 Å². The number of hydrogen-bond donors (Lipinski definition) is 3. The molecule has 7 nitrogen and oxygen atoms in total. The first-order valence-corrected chi connectivity index (χ1v) is 4.72. The monoisotopic (exact) mass is 235 g/mol. The maximum absolute atomic E-state index is 10.6. The Labute approximate surface area is 95.7 Å². The van der Waals surface area contributed by atoms with Crippen LogP contribution in [0.4, 0.5) is 10.6 Å². The third kappa shape index (κ3) is 2.40. The highest BCUT2D eigenvalue weighted by atomic mass is 16.5. The summed E-state index contributed by atoms with van der Waals surface area (Å²) >= 11 is 0. The average Bonchev–Trinajstić information content (AvgIpc) is 2.77. The molecule has 7 heteroatoms. The van der Waals surface area contributed by atoms with Gasteiger partial charge >= 0.3 is 6.09 Å². The molecule has 0 atom stereocenters. The van der Waals surface area contributed by atoms with Crippen LogP contribution in [0.15, 0.2) is 28.9 Å². The van der Waals surface area contributed by atoms with Crippen molar-refractivity contribution in [3.05, 3.63) is 30.1 Å². The van der Waals surface area contributed by atoms with Gasteiger partial charge < -0.3 is 14.7 Å². The molecule has 0 aliphatic heterocycles. The summed E-state index contributed by atoms with van der Waals surface area (Å²) in [6.45, 7) is -0.245. The SMILES string of the molecule is O=C(O)Nc1ncccc1-c1cc(CO)no1. The van der Waals surface area contributed by atoms with Crippen molar-refractivity contribution in [1.82, 2.24) is 10.1 Å². The lowest BCUT2D eigenvalue weighted by atomic mass is 10.2. The van der Waals surface area contributed by atoms with E-state index in [-0.39, 0.29) is 12.4 Å². The lowest BCUT2D eigenvalue weighted by Gasteiger charge is -2.03. The number of pyridine rings is 1. The zero-order chi connectivity index (χ0) is 12.3. The van der Waals surface area contributed by atoms with Gasteiger partial charge in [-0.1, -0.05) is 5.16 Å². The summed E-state index contributed by atoms with van der Waals surface area (Å²) in [7, 11) is 0. The minimum atomic E-state index is -1.22. The number of anilines is 1. The predicted octanol–water partition coefficient (Wildman–Crippen LogP) is 1.32. The summed E-state index contributed by atoms with van der Waals surface area (Å²) in [5.41, 5.74) is 0.826. The van der Waals surface area contributed by atoms with Gasteiger partial charge in [0.1, 0.15) is 11.5 Å². The quantitative estimate of drug-likeness (QED) is 0.740. The molecule has 2 heterocycles. The number of nitrogens with zero attached hydrogens (tertiary/aromatic N) is 2. The third-order valence-corrected chi connectivity index (χ3v) is 2.02. The van der Waals surface area contributed by atoms with Gasteiger partial charge in [-0.2, -0.15) is 0 Å². The number of aliphatic hydroxyl groups is 1. The second-order valence-corrected chi connectivity index (χ2v) is 3.17. The van der Waals surface area contributed by atoms with Crippen molar-refractivity contribution in [2.75, 3.05) is 5.32 Å². The van der Waals surface area contributed by atoms with E-state index in [1.54, 1.807) is 12.1 Å². The minimum Gasteiger partial charge on any atom is -0.465 e. The number of aromatic nitrogens is 2. The van der Waals surface area contributed by atoms with Crippen molar-refractivity contribution in [2.45, 2.75) is 6.61 Å². The minimum absolute atomic E-state index is 0.153. The topological polar surface area (TPSA) is 108 Å². The molecule has 2 rings (SSSR count). The molecule has 2 aromatic rings. The Bertz CT molecular complexity index is 538. The molecule has 0 spiro atoms. The van der Waals surface area contributed by atoms with Crippen LogP contribution in [0.5, 0.6) is 0 Å². The van der Waals surface area contributed by atoms with Crippen molar-refractivity contribution in [3.8, 4) is 11.3 Å². The maximum atomic E-state index is 10.6. The lowest BCUT2D eigenvalue weighted by Crippen LogP contribution is -2.09. The lowest BCUT2D eigenvalue weighted by molar-refractivity contribution is 0.209. The summed E-state index contributed by atoms with van der Waals surface area (Å²) in [6, 6.07) is 4.80. The van der Waals surface area contributed by atoms with Gasteiger partial charge in [0.2, 0.25) is 0 Å². The smallest absolute Gasteiger partial charge is 0.410 e. The standard InChI is InChI=1S/C10H9N3O4/c14-5-6-4-8(17-13-6)7-2-1-3-11-9(7)12-10(15)16/h1-4,14H,5H2,(H,11,12)(H,15,16). The molecule has 0 radical (unpaired) electrons. The fourth-order valence-corrected chi connectivity index (χ4v) is 1.32. The summed E-state index contributed by atoms with van der Waals surface area (Å²) in [5, 5.41) is 23.3. The van der Waals surface area contributed by atoms with Gasteiger partial charge in [-0.3, -0.25) is 5.32 Å². The second kappa shape index (κ2) is 4.62. The molecular weight excluding hydrogens is 226 g/mol. The van der Waals surface area contributed by atoms with Gasteiger partial charge in [0.25, 0.3) is 0 Å². The first kappa shape index (κ1) is 11.1. The number of rotatable bonds is 3. The van der Waals surface area contributed by atoms with Crippen molar-refractivity contribution in [3.63, 3.8) is 0 Å². The highest BCUT2D eigenvalue weighted by Gasteiger charge is 2.13. The molecule has 0 aliphatic rings. The van der Waals surface area contributed by atoms with Gasteiger partial charge in [-0.25, -0.2) is 9.78 Å². The molecule has 0 saturated heterocycles. The Hall–Kier alpha value is -2.41. The molecule has 0 saturated carbocycles. The van der Waals surface area contributed by atoms with Crippen LogP contribution < -0.4 is 5.32 Å². The van der Waals surface area contributed by atoms with Crippen molar-refractivity contribution in [2.24, 2.45) is 0 Å². The Kier molecular flexibility index (Phi) is 3.01. The van der Waals surface area contributed by atoms with E-state index < -0.39 is 6.09 Å². The van der Waals surface area contributed by atoms with Crippen LogP contribution in [0.2, 0.25) is 0 Å². The number of carbonyl (C=O) groups is 1. The van der Waals surface area contributed by atoms with E-state index in [2.05, 4.69) is 15.5 Å². The number of nitrogens with one attached hydrogen (secondary N) is 1. The summed E-state index contributed by atoms with van der Waals surface area (Å²) < 4.78 is 4.98. The van der Waals surface area contributed by atoms with Crippen LogP contribution >= 0.6 is 0 Å². The highest BCUT2D eigenvalue weighted by molar-refractivity contribution is 5.87. The fourth-order valence-electron chi connectivity index (χ4n) is 1.32. The Morgan fingerprint density at radius 2 is 2.35 bits per heavy atom. The van der Waals surface area contributed by atoms with Crippen LogP contribution in [-0.2, 0) is 6.61 Å². The third-order valence-electron chi connectivity index (χ3n) is 2.02. The van der Waals surface area contributed by atoms with Crippen LogP contribution in [0, 0.1) is 0 Å². The molecule has 0 aliphatic carbocycles. The molecule has 0 unspecified atom stereocenters. The highest BCUT2D eigenvalue weighted by Crippen LogP contribution is 2.26. The first-order valence-electron chi connectivity index (χ1n) is 4.72. The number of hydrogen-bond acceptors (Lipinski definition) is 5.